The van der Waals surface area contributed by atoms with Crippen LogP contribution in [-0.2, 0) is 6.42 Å². The molecule has 0 saturated carbocycles. The quantitative estimate of drug-likeness (QED) is 0.468. The number of thiophene rings is 1. The maximum atomic E-state index is 14.5. The number of halogens is 1. The molecule has 3 aromatic rings. The lowest BCUT2D eigenvalue weighted by Gasteiger charge is -2.06. The van der Waals surface area contributed by atoms with Crippen LogP contribution in [-0.4, -0.2) is 0 Å². The fourth-order valence-electron chi connectivity index (χ4n) is 2.51. The van der Waals surface area contributed by atoms with E-state index in [1.165, 1.54) is 5.56 Å². The van der Waals surface area contributed by atoms with E-state index in [2.05, 4.69) is 40.4 Å². The lowest BCUT2D eigenvalue weighted by Crippen LogP contribution is -1.86. The molecule has 0 aliphatic carbocycles. The largest absolute Gasteiger partial charge is 0.206 e. The highest BCUT2D eigenvalue weighted by Crippen LogP contribution is 2.33. The predicted molar refractivity (Wildman–Crippen MR) is 103 cm³/mol. The van der Waals surface area contributed by atoms with E-state index in [4.69, 9.17) is 0 Å². The zero-order valence-electron chi connectivity index (χ0n) is 12.9. The standard InChI is InChI=1S/C20H18FPS/c1-2-14-3-5-15(6-4-14)16-7-9-18(19(21)13-16)20-10-8-17(23-20)11-12-22/h3-13H,2,22H2,1H3/b12-11+. The topological polar surface area (TPSA) is 0 Å². The van der Waals surface area contributed by atoms with Crippen LogP contribution in [0.15, 0.2) is 60.4 Å². The van der Waals surface area contributed by atoms with Crippen LogP contribution < -0.4 is 0 Å². The molecule has 0 aliphatic rings. The van der Waals surface area contributed by atoms with Gasteiger partial charge in [-0.15, -0.1) is 20.6 Å². The molecule has 3 rings (SSSR count). The Kier molecular flexibility index (Phi) is 5.05. The Morgan fingerprint density at radius 3 is 2.39 bits per heavy atom. The smallest absolute Gasteiger partial charge is 0.132 e. The molecule has 0 fully saturated rings. The van der Waals surface area contributed by atoms with Gasteiger partial charge in [-0.05, 0) is 53.5 Å². The number of rotatable bonds is 4. The molecule has 1 aromatic heterocycles. The summed E-state index contributed by atoms with van der Waals surface area (Å²) < 4.78 is 14.5. The number of hydrogen-bond acceptors (Lipinski definition) is 1. The molecule has 1 atom stereocenters. The van der Waals surface area contributed by atoms with Gasteiger partial charge in [0.2, 0.25) is 0 Å². The van der Waals surface area contributed by atoms with E-state index in [1.807, 2.05) is 36.2 Å². The minimum atomic E-state index is -0.176. The summed E-state index contributed by atoms with van der Waals surface area (Å²) in [6.45, 7) is 2.13. The molecule has 0 nitrogen and oxygen atoms in total. The number of benzene rings is 2. The third-order valence-electron chi connectivity index (χ3n) is 3.82. The molecule has 0 spiro atoms. The van der Waals surface area contributed by atoms with Crippen LogP contribution in [0.3, 0.4) is 0 Å². The first-order chi connectivity index (χ1) is 11.2. The highest BCUT2D eigenvalue weighted by atomic mass is 32.1. The predicted octanol–water partition coefficient (Wildman–Crippen LogP) is 6.63. The van der Waals surface area contributed by atoms with E-state index in [0.717, 1.165) is 27.3 Å². The van der Waals surface area contributed by atoms with Crippen molar-refractivity contribution in [3.05, 3.63) is 76.7 Å². The van der Waals surface area contributed by atoms with Crippen molar-refractivity contribution >= 4 is 26.7 Å². The maximum absolute atomic E-state index is 14.5. The van der Waals surface area contributed by atoms with Crippen LogP contribution in [0, 0.1) is 5.82 Å². The number of aryl methyl sites for hydroxylation is 1. The molecule has 3 heteroatoms. The van der Waals surface area contributed by atoms with Gasteiger partial charge >= 0.3 is 0 Å². The number of hydrogen-bond donors (Lipinski definition) is 0. The van der Waals surface area contributed by atoms with Crippen LogP contribution >= 0.6 is 20.6 Å². The van der Waals surface area contributed by atoms with Crippen LogP contribution in [0.4, 0.5) is 4.39 Å². The molecule has 116 valence electrons. The normalized spacial score (nSPS) is 11.3. The third kappa shape index (κ3) is 3.60. The second-order valence-electron chi connectivity index (χ2n) is 5.31. The molecule has 1 unspecified atom stereocenters. The van der Waals surface area contributed by atoms with Gasteiger partial charge in [0, 0.05) is 15.3 Å². The summed E-state index contributed by atoms with van der Waals surface area (Å²) in [4.78, 5) is 2.07. The van der Waals surface area contributed by atoms with Crippen molar-refractivity contribution in [1.82, 2.24) is 0 Å². The van der Waals surface area contributed by atoms with Crippen molar-refractivity contribution in [3.8, 4) is 21.6 Å². The van der Waals surface area contributed by atoms with Gasteiger partial charge in [0.05, 0.1) is 0 Å². The molecular weight excluding hydrogens is 322 g/mol. The van der Waals surface area contributed by atoms with E-state index < -0.39 is 0 Å². The highest BCUT2D eigenvalue weighted by Gasteiger charge is 2.09. The van der Waals surface area contributed by atoms with Crippen LogP contribution in [0.25, 0.3) is 27.6 Å². The summed E-state index contributed by atoms with van der Waals surface area (Å²) in [6.07, 6.45) is 3.01. The van der Waals surface area contributed by atoms with Crippen LogP contribution in [0.1, 0.15) is 17.4 Å². The van der Waals surface area contributed by atoms with E-state index in [9.17, 15) is 4.39 Å². The van der Waals surface area contributed by atoms with Gasteiger partial charge in [-0.3, -0.25) is 0 Å². The maximum Gasteiger partial charge on any atom is 0.132 e. The fraction of sp³-hybridized carbons (Fsp3) is 0.100. The molecule has 0 amide bonds. The van der Waals surface area contributed by atoms with Gasteiger partial charge in [0.25, 0.3) is 0 Å². The Morgan fingerprint density at radius 1 is 1.00 bits per heavy atom. The minimum Gasteiger partial charge on any atom is -0.206 e. The molecule has 2 aromatic carbocycles. The molecule has 0 saturated heterocycles. The summed E-state index contributed by atoms with van der Waals surface area (Å²) in [6, 6.07) is 17.8. The second-order valence-corrected chi connectivity index (χ2v) is 6.81. The Balaban J connectivity index is 1.93. The SMILES string of the molecule is CCc1ccc(-c2ccc(-c3ccc(/C=C/P)s3)c(F)c2)cc1. The molecule has 0 aliphatic heterocycles. The van der Waals surface area contributed by atoms with E-state index in [0.29, 0.717) is 5.56 Å². The highest BCUT2D eigenvalue weighted by molar-refractivity contribution is 7.21. The second kappa shape index (κ2) is 7.21. The minimum absolute atomic E-state index is 0.176. The van der Waals surface area contributed by atoms with Crippen molar-refractivity contribution in [2.45, 2.75) is 13.3 Å². The summed E-state index contributed by atoms with van der Waals surface area (Å²) >= 11 is 1.59. The lowest BCUT2D eigenvalue weighted by atomic mass is 10.0. The van der Waals surface area contributed by atoms with Gasteiger partial charge in [0.1, 0.15) is 5.82 Å². The lowest BCUT2D eigenvalue weighted by molar-refractivity contribution is 0.632. The molecule has 0 N–H and O–H groups in total. The molecule has 0 bridgehead atoms. The summed E-state index contributed by atoms with van der Waals surface area (Å²) in [5.74, 6) is 1.74. The van der Waals surface area contributed by atoms with Crippen molar-refractivity contribution in [3.63, 3.8) is 0 Å². The first kappa shape index (κ1) is 16.1. The molecular formula is C20H18FPS. The monoisotopic (exact) mass is 340 g/mol. The van der Waals surface area contributed by atoms with Crippen molar-refractivity contribution in [2.75, 3.05) is 0 Å². The zero-order chi connectivity index (χ0) is 16.2. The third-order valence-corrected chi connectivity index (χ3v) is 5.09. The van der Waals surface area contributed by atoms with Crippen LogP contribution in [0.5, 0.6) is 0 Å². The van der Waals surface area contributed by atoms with Crippen molar-refractivity contribution in [2.24, 2.45) is 0 Å². The van der Waals surface area contributed by atoms with Gasteiger partial charge in [-0.25, -0.2) is 4.39 Å². The summed E-state index contributed by atoms with van der Waals surface area (Å²) in [5.41, 5.74) is 3.91. The Morgan fingerprint density at radius 2 is 1.74 bits per heavy atom. The Labute approximate surface area is 142 Å². The van der Waals surface area contributed by atoms with E-state index >= 15 is 0 Å². The van der Waals surface area contributed by atoms with Crippen LogP contribution in [0.2, 0.25) is 0 Å². The van der Waals surface area contributed by atoms with Gasteiger partial charge < -0.3 is 0 Å². The summed E-state index contributed by atoms with van der Waals surface area (Å²) in [5, 5.41) is 0. The first-order valence-corrected chi connectivity index (χ1v) is 9.07. The Bertz CT molecular complexity index is 831. The van der Waals surface area contributed by atoms with E-state index in [-0.39, 0.29) is 5.82 Å². The average molecular weight is 340 g/mol. The molecule has 1 heterocycles. The Hall–Kier alpha value is -1.76. The van der Waals surface area contributed by atoms with Gasteiger partial charge in [0.15, 0.2) is 0 Å². The first-order valence-electron chi connectivity index (χ1n) is 7.58. The van der Waals surface area contributed by atoms with Crippen molar-refractivity contribution < 1.29 is 4.39 Å². The fourth-order valence-corrected chi connectivity index (χ4v) is 3.80. The van der Waals surface area contributed by atoms with Crippen molar-refractivity contribution in [1.29, 1.82) is 0 Å². The van der Waals surface area contributed by atoms with Gasteiger partial charge in [-0.2, -0.15) is 0 Å². The zero-order valence-corrected chi connectivity index (χ0v) is 14.9. The van der Waals surface area contributed by atoms with Gasteiger partial charge in [-0.1, -0.05) is 43.1 Å². The van der Waals surface area contributed by atoms with E-state index in [1.54, 1.807) is 17.4 Å². The summed E-state index contributed by atoms with van der Waals surface area (Å²) in [7, 11) is 2.55. The average Bonchev–Trinajstić information content (AvgIpc) is 3.03. The molecule has 23 heavy (non-hydrogen) atoms. The molecule has 0 radical (unpaired) electrons.